The van der Waals surface area contributed by atoms with Crippen molar-refractivity contribution in [2.24, 2.45) is 0 Å². The van der Waals surface area contributed by atoms with Crippen LogP contribution in [0, 0.1) is 10.1 Å². The van der Waals surface area contributed by atoms with Crippen LogP contribution in [0.5, 0.6) is 11.5 Å². The molecule has 0 spiro atoms. The standard InChI is InChI=1S/C12H9ClN2O5S/c1-21(18,19)9-3-4-11(10(6-9)15(16)17)20-8-2-5-12(13)14-7-8/h2-7H,1H3. The zero-order valence-corrected chi connectivity index (χ0v) is 12.3. The lowest BCUT2D eigenvalue weighted by Gasteiger charge is -2.07. The third-order valence-electron chi connectivity index (χ3n) is 2.48. The minimum Gasteiger partial charge on any atom is -0.449 e. The highest BCUT2D eigenvalue weighted by atomic mass is 35.5. The molecule has 0 atom stereocenters. The molecule has 9 heteroatoms. The van der Waals surface area contributed by atoms with Gasteiger partial charge in [-0.3, -0.25) is 10.1 Å². The van der Waals surface area contributed by atoms with Crippen molar-refractivity contribution in [1.82, 2.24) is 4.98 Å². The van der Waals surface area contributed by atoms with Gasteiger partial charge in [0, 0.05) is 12.3 Å². The summed E-state index contributed by atoms with van der Waals surface area (Å²) in [6, 6.07) is 6.37. The number of hydrogen-bond donors (Lipinski definition) is 0. The highest BCUT2D eigenvalue weighted by Crippen LogP contribution is 2.33. The number of aromatic nitrogens is 1. The van der Waals surface area contributed by atoms with Gasteiger partial charge in [0.05, 0.1) is 16.0 Å². The average Bonchev–Trinajstić information content (AvgIpc) is 2.40. The van der Waals surface area contributed by atoms with E-state index in [-0.39, 0.29) is 21.5 Å². The van der Waals surface area contributed by atoms with E-state index in [4.69, 9.17) is 16.3 Å². The smallest absolute Gasteiger partial charge is 0.312 e. The van der Waals surface area contributed by atoms with E-state index in [0.717, 1.165) is 12.3 Å². The Bertz CT molecular complexity index is 790. The van der Waals surface area contributed by atoms with E-state index >= 15 is 0 Å². The number of halogens is 1. The fraction of sp³-hybridized carbons (Fsp3) is 0.0833. The second-order valence-electron chi connectivity index (χ2n) is 4.08. The molecule has 1 aromatic heterocycles. The Balaban J connectivity index is 2.44. The van der Waals surface area contributed by atoms with Crippen LogP contribution in [-0.2, 0) is 9.84 Å². The Labute approximate surface area is 125 Å². The lowest BCUT2D eigenvalue weighted by Crippen LogP contribution is -2.00. The zero-order valence-electron chi connectivity index (χ0n) is 10.7. The Kier molecular flexibility index (Phi) is 4.10. The highest BCUT2D eigenvalue weighted by molar-refractivity contribution is 7.90. The molecule has 0 N–H and O–H groups in total. The van der Waals surface area contributed by atoms with Gasteiger partial charge >= 0.3 is 5.69 Å². The molecule has 7 nitrogen and oxygen atoms in total. The summed E-state index contributed by atoms with van der Waals surface area (Å²) in [6.07, 6.45) is 2.27. The second-order valence-corrected chi connectivity index (χ2v) is 6.48. The first-order valence-corrected chi connectivity index (χ1v) is 7.82. The lowest BCUT2D eigenvalue weighted by molar-refractivity contribution is -0.385. The predicted molar refractivity (Wildman–Crippen MR) is 75.5 cm³/mol. The number of nitrogens with zero attached hydrogens (tertiary/aromatic N) is 2. The first kappa shape index (κ1) is 15.2. The molecule has 0 fully saturated rings. The van der Waals surface area contributed by atoms with E-state index in [1.165, 1.54) is 30.5 Å². The molecule has 2 rings (SSSR count). The zero-order chi connectivity index (χ0) is 15.6. The van der Waals surface area contributed by atoms with Gasteiger partial charge in [0.2, 0.25) is 5.75 Å². The van der Waals surface area contributed by atoms with Crippen LogP contribution in [0.1, 0.15) is 0 Å². The van der Waals surface area contributed by atoms with Crippen molar-refractivity contribution >= 4 is 27.1 Å². The van der Waals surface area contributed by atoms with Crippen LogP contribution >= 0.6 is 11.6 Å². The van der Waals surface area contributed by atoms with Gasteiger partial charge in [-0.25, -0.2) is 13.4 Å². The normalized spacial score (nSPS) is 11.1. The first-order valence-electron chi connectivity index (χ1n) is 5.55. The fourth-order valence-corrected chi connectivity index (χ4v) is 2.26. The molecule has 2 aromatic rings. The predicted octanol–water partition coefficient (Wildman–Crippen LogP) is 2.84. The molecule has 0 saturated heterocycles. The highest BCUT2D eigenvalue weighted by Gasteiger charge is 2.20. The van der Waals surface area contributed by atoms with Crippen molar-refractivity contribution in [2.45, 2.75) is 4.90 Å². The number of nitro groups is 1. The summed E-state index contributed by atoms with van der Waals surface area (Å²) < 4.78 is 28.2. The largest absolute Gasteiger partial charge is 0.449 e. The van der Waals surface area contributed by atoms with Crippen molar-refractivity contribution in [3.63, 3.8) is 0 Å². The Morgan fingerprint density at radius 3 is 2.52 bits per heavy atom. The number of benzene rings is 1. The quantitative estimate of drug-likeness (QED) is 0.486. The monoisotopic (exact) mass is 328 g/mol. The van der Waals surface area contributed by atoms with Crippen LogP contribution in [-0.4, -0.2) is 24.6 Å². The molecule has 0 unspecified atom stereocenters. The molecule has 0 radical (unpaired) electrons. The third-order valence-corrected chi connectivity index (χ3v) is 3.82. The third kappa shape index (κ3) is 3.67. The Hall–Kier alpha value is -2.19. The van der Waals surface area contributed by atoms with Gasteiger partial charge in [-0.1, -0.05) is 11.6 Å². The molecule has 0 aliphatic carbocycles. The molecule has 110 valence electrons. The summed E-state index contributed by atoms with van der Waals surface area (Å²) in [7, 11) is -3.54. The SMILES string of the molecule is CS(=O)(=O)c1ccc(Oc2ccc(Cl)nc2)c([N+](=O)[O-])c1. The number of pyridine rings is 1. The second kappa shape index (κ2) is 5.66. The molecule has 0 bridgehead atoms. The summed E-state index contributed by atoms with van der Waals surface area (Å²) in [5.74, 6) is 0.158. The van der Waals surface area contributed by atoms with E-state index in [2.05, 4.69) is 4.98 Å². The van der Waals surface area contributed by atoms with Crippen molar-refractivity contribution in [3.8, 4) is 11.5 Å². The van der Waals surface area contributed by atoms with Crippen LogP contribution in [0.15, 0.2) is 41.4 Å². The number of nitro benzene ring substituents is 1. The van der Waals surface area contributed by atoms with Crippen LogP contribution in [0.25, 0.3) is 0 Å². The van der Waals surface area contributed by atoms with Crippen molar-refractivity contribution in [2.75, 3.05) is 6.26 Å². The number of hydrogen-bond acceptors (Lipinski definition) is 6. The minimum atomic E-state index is -3.54. The molecule has 0 amide bonds. The number of rotatable bonds is 4. The average molecular weight is 329 g/mol. The topological polar surface area (TPSA) is 99.4 Å². The van der Waals surface area contributed by atoms with E-state index < -0.39 is 20.4 Å². The maximum atomic E-state index is 11.4. The Morgan fingerprint density at radius 1 is 1.29 bits per heavy atom. The van der Waals surface area contributed by atoms with Crippen LogP contribution in [0.4, 0.5) is 5.69 Å². The van der Waals surface area contributed by atoms with Gasteiger partial charge in [0.1, 0.15) is 10.9 Å². The van der Waals surface area contributed by atoms with Crippen LogP contribution < -0.4 is 4.74 Å². The van der Waals surface area contributed by atoms with Gasteiger partial charge in [0.25, 0.3) is 0 Å². The molecule has 21 heavy (non-hydrogen) atoms. The fourth-order valence-electron chi connectivity index (χ4n) is 1.51. The lowest BCUT2D eigenvalue weighted by atomic mass is 10.3. The maximum absolute atomic E-state index is 11.4. The van der Waals surface area contributed by atoms with Crippen molar-refractivity contribution < 1.29 is 18.1 Å². The van der Waals surface area contributed by atoms with E-state index in [9.17, 15) is 18.5 Å². The summed E-state index contributed by atoms with van der Waals surface area (Å²) in [6.45, 7) is 0. The van der Waals surface area contributed by atoms with Crippen molar-refractivity contribution in [1.29, 1.82) is 0 Å². The minimum absolute atomic E-state index is 0.0866. The Morgan fingerprint density at radius 2 is 2.00 bits per heavy atom. The summed E-state index contributed by atoms with van der Waals surface area (Å²) >= 11 is 5.63. The van der Waals surface area contributed by atoms with Gasteiger partial charge < -0.3 is 4.74 Å². The van der Waals surface area contributed by atoms with Gasteiger partial charge in [-0.05, 0) is 24.3 Å². The van der Waals surface area contributed by atoms with Gasteiger partial charge in [-0.15, -0.1) is 0 Å². The molecule has 1 heterocycles. The molecule has 0 aliphatic heterocycles. The summed E-state index contributed by atoms with van der Waals surface area (Å²) in [4.78, 5) is 13.9. The van der Waals surface area contributed by atoms with E-state index in [1.807, 2.05) is 0 Å². The van der Waals surface area contributed by atoms with Crippen molar-refractivity contribution in [3.05, 3.63) is 51.8 Å². The number of ether oxygens (including phenoxy) is 1. The maximum Gasteiger partial charge on any atom is 0.312 e. The molecule has 0 aliphatic rings. The van der Waals surface area contributed by atoms with Gasteiger partial charge in [-0.2, -0.15) is 0 Å². The molecular weight excluding hydrogens is 320 g/mol. The molecule has 1 aromatic carbocycles. The van der Waals surface area contributed by atoms with E-state index in [0.29, 0.717) is 0 Å². The van der Waals surface area contributed by atoms with Crippen LogP contribution in [0.2, 0.25) is 5.15 Å². The summed E-state index contributed by atoms with van der Waals surface area (Å²) in [5, 5.41) is 11.3. The first-order chi connectivity index (χ1) is 9.77. The summed E-state index contributed by atoms with van der Waals surface area (Å²) in [5.41, 5.74) is -0.451. The molecular formula is C12H9ClN2O5S. The van der Waals surface area contributed by atoms with E-state index in [1.54, 1.807) is 0 Å². The molecule has 0 saturated carbocycles. The van der Waals surface area contributed by atoms with Gasteiger partial charge in [0.15, 0.2) is 9.84 Å². The van der Waals surface area contributed by atoms with Crippen LogP contribution in [0.3, 0.4) is 0 Å². The number of sulfone groups is 1.